The van der Waals surface area contributed by atoms with Gasteiger partial charge in [-0.25, -0.2) is 4.79 Å². The number of aromatic nitrogens is 1. The number of thiophene rings is 1. The van der Waals surface area contributed by atoms with Crippen molar-refractivity contribution < 1.29 is 14.7 Å². The van der Waals surface area contributed by atoms with Gasteiger partial charge in [-0.05, 0) is 55.1 Å². The first-order valence-electron chi connectivity index (χ1n) is 6.64. The maximum atomic E-state index is 12.3. The zero-order valence-electron chi connectivity index (χ0n) is 12.2. The minimum Gasteiger partial charge on any atom is -0.477 e. The molecule has 2 rings (SSSR count). The molecule has 0 aliphatic carbocycles. The maximum absolute atomic E-state index is 12.3. The van der Waals surface area contributed by atoms with Crippen molar-refractivity contribution in [3.05, 3.63) is 44.9 Å². The Balaban J connectivity index is 2.11. The van der Waals surface area contributed by atoms with Gasteiger partial charge in [-0.3, -0.25) is 4.79 Å². The number of hydrogen-bond donors (Lipinski definition) is 3. The van der Waals surface area contributed by atoms with E-state index in [0.29, 0.717) is 16.8 Å². The van der Waals surface area contributed by atoms with E-state index in [4.69, 9.17) is 5.11 Å². The van der Waals surface area contributed by atoms with Crippen molar-refractivity contribution in [2.75, 3.05) is 0 Å². The number of carboxylic acid groups (broad SMARTS) is 1. The summed E-state index contributed by atoms with van der Waals surface area (Å²) < 4.78 is 0. The van der Waals surface area contributed by atoms with E-state index in [2.05, 4.69) is 15.7 Å². The fraction of sp³-hybridized carbons (Fsp3) is 0.333. The number of aromatic amines is 1. The Labute approximate surface area is 127 Å². The standard InChI is InChI=1S/C15H18N2O3S/c1-8(6-11-4-5-21-7-11)16-14(18)12-9(2)13(15(19)20)17-10(12)3/h4-5,7-8,17H,6H2,1-3H3,(H,16,18)(H,19,20). The SMILES string of the molecule is Cc1[nH]c(C(=O)O)c(C)c1C(=O)NC(C)Cc1ccsc1. The first-order chi connectivity index (χ1) is 9.90. The molecule has 0 bridgehead atoms. The van der Waals surface area contributed by atoms with Gasteiger partial charge in [0.05, 0.1) is 5.56 Å². The average Bonchev–Trinajstić information content (AvgIpc) is 2.97. The van der Waals surface area contributed by atoms with Gasteiger partial charge in [0.25, 0.3) is 5.91 Å². The van der Waals surface area contributed by atoms with E-state index < -0.39 is 5.97 Å². The summed E-state index contributed by atoms with van der Waals surface area (Å²) >= 11 is 1.63. The second kappa shape index (κ2) is 6.13. The van der Waals surface area contributed by atoms with Gasteiger partial charge >= 0.3 is 5.97 Å². The number of rotatable bonds is 5. The highest BCUT2D eigenvalue weighted by molar-refractivity contribution is 7.07. The molecule has 0 aliphatic rings. The Morgan fingerprint density at radius 2 is 2.14 bits per heavy atom. The first-order valence-corrected chi connectivity index (χ1v) is 7.58. The van der Waals surface area contributed by atoms with Gasteiger partial charge in [0.1, 0.15) is 5.69 Å². The zero-order chi connectivity index (χ0) is 15.6. The zero-order valence-corrected chi connectivity index (χ0v) is 13.0. The summed E-state index contributed by atoms with van der Waals surface area (Å²) in [5.41, 5.74) is 2.72. The molecule has 0 radical (unpaired) electrons. The third kappa shape index (κ3) is 3.33. The molecule has 1 unspecified atom stereocenters. The van der Waals surface area contributed by atoms with Gasteiger partial charge in [0, 0.05) is 11.7 Å². The molecule has 3 N–H and O–H groups in total. The monoisotopic (exact) mass is 306 g/mol. The molecule has 2 aromatic rings. The molecule has 112 valence electrons. The van der Waals surface area contributed by atoms with Crippen LogP contribution in [0.5, 0.6) is 0 Å². The lowest BCUT2D eigenvalue weighted by molar-refractivity contribution is 0.0690. The number of carbonyl (C=O) groups excluding carboxylic acids is 1. The lowest BCUT2D eigenvalue weighted by atomic mass is 10.1. The molecule has 1 amide bonds. The summed E-state index contributed by atoms with van der Waals surface area (Å²) in [6.45, 7) is 5.29. The normalized spacial score (nSPS) is 12.1. The highest BCUT2D eigenvalue weighted by Crippen LogP contribution is 2.18. The quantitative estimate of drug-likeness (QED) is 0.794. The fourth-order valence-electron chi connectivity index (χ4n) is 2.41. The Hall–Kier alpha value is -2.08. The third-order valence-corrected chi connectivity index (χ3v) is 4.11. The second-order valence-corrected chi connectivity index (χ2v) is 5.92. The number of amides is 1. The van der Waals surface area contributed by atoms with Gasteiger partial charge in [-0.1, -0.05) is 0 Å². The molecular weight excluding hydrogens is 288 g/mol. The fourth-order valence-corrected chi connectivity index (χ4v) is 3.10. The molecule has 21 heavy (non-hydrogen) atoms. The number of H-pyrrole nitrogens is 1. The molecule has 0 aromatic carbocycles. The van der Waals surface area contributed by atoms with E-state index in [1.165, 1.54) is 5.56 Å². The number of carboxylic acids is 1. The van der Waals surface area contributed by atoms with Crippen LogP contribution in [0.15, 0.2) is 16.8 Å². The number of aromatic carboxylic acids is 1. The van der Waals surface area contributed by atoms with Crippen LogP contribution in [0.3, 0.4) is 0 Å². The summed E-state index contributed by atoms with van der Waals surface area (Å²) in [4.78, 5) is 26.2. The summed E-state index contributed by atoms with van der Waals surface area (Å²) in [6, 6.07) is 2.01. The molecule has 0 aliphatic heterocycles. The number of hydrogen-bond acceptors (Lipinski definition) is 3. The third-order valence-electron chi connectivity index (χ3n) is 3.38. The summed E-state index contributed by atoms with van der Waals surface area (Å²) in [6.07, 6.45) is 0.754. The Morgan fingerprint density at radius 3 is 2.67 bits per heavy atom. The van der Waals surface area contributed by atoms with Crippen LogP contribution in [0, 0.1) is 13.8 Å². The molecule has 6 heteroatoms. The summed E-state index contributed by atoms with van der Waals surface area (Å²) in [5.74, 6) is -1.29. The molecule has 0 saturated heterocycles. The van der Waals surface area contributed by atoms with E-state index in [0.717, 1.165) is 6.42 Å². The van der Waals surface area contributed by atoms with E-state index in [1.54, 1.807) is 25.2 Å². The van der Waals surface area contributed by atoms with E-state index in [9.17, 15) is 9.59 Å². The van der Waals surface area contributed by atoms with Gasteiger partial charge in [0.2, 0.25) is 0 Å². The van der Waals surface area contributed by atoms with Crippen LogP contribution < -0.4 is 5.32 Å². The lowest BCUT2D eigenvalue weighted by Gasteiger charge is -2.13. The highest BCUT2D eigenvalue weighted by atomic mass is 32.1. The molecule has 2 heterocycles. The van der Waals surface area contributed by atoms with Gasteiger partial charge < -0.3 is 15.4 Å². The van der Waals surface area contributed by atoms with E-state index in [-0.39, 0.29) is 17.6 Å². The molecule has 1 atom stereocenters. The van der Waals surface area contributed by atoms with Crippen molar-refractivity contribution >= 4 is 23.2 Å². The van der Waals surface area contributed by atoms with Crippen molar-refractivity contribution in [2.24, 2.45) is 0 Å². The number of aryl methyl sites for hydroxylation is 1. The molecule has 0 saturated carbocycles. The summed E-state index contributed by atoms with van der Waals surface area (Å²) in [7, 11) is 0. The molecule has 2 aromatic heterocycles. The average molecular weight is 306 g/mol. The second-order valence-electron chi connectivity index (χ2n) is 5.14. The smallest absolute Gasteiger partial charge is 0.352 e. The minimum atomic E-state index is -1.05. The van der Waals surface area contributed by atoms with Crippen LogP contribution in [0.1, 0.15) is 44.6 Å². The van der Waals surface area contributed by atoms with Gasteiger partial charge in [-0.2, -0.15) is 11.3 Å². The van der Waals surface area contributed by atoms with Crippen LogP contribution >= 0.6 is 11.3 Å². The Bertz CT molecular complexity index is 659. The predicted molar refractivity (Wildman–Crippen MR) is 82.2 cm³/mol. The maximum Gasteiger partial charge on any atom is 0.352 e. The van der Waals surface area contributed by atoms with Crippen LogP contribution in [-0.4, -0.2) is 28.0 Å². The van der Waals surface area contributed by atoms with Crippen molar-refractivity contribution in [3.8, 4) is 0 Å². The van der Waals surface area contributed by atoms with Crippen molar-refractivity contribution in [2.45, 2.75) is 33.2 Å². The molecule has 0 spiro atoms. The van der Waals surface area contributed by atoms with Crippen LogP contribution in [-0.2, 0) is 6.42 Å². The molecule has 0 fully saturated rings. The van der Waals surface area contributed by atoms with Crippen molar-refractivity contribution in [3.63, 3.8) is 0 Å². The Kier molecular flexibility index (Phi) is 4.47. The van der Waals surface area contributed by atoms with Crippen molar-refractivity contribution in [1.29, 1.82) is 0 Å². The predicted octanol–water partition coefficient (Wildman–Crippen LogP) is 2.75. The minimum absolute atomic E-state index is 0.0194. The van der Waals surface area contributed by atoms with Crippen LogP contribution in [0.25, 0.3) is 0 Å². The van der Waals surface area contributed by atoms with Crippen molar-refractivity contribution in [1.82, 2.24) is 10.3 Å². The summed E-state index contributed by atoms with van der Waals surface area (Å²) in [5, 5.41) is 16.1. The number of nitrogens with one attached hydrogen (secondary N) is 2. The molecule has 5 nitrogen and oxygen atoms in total. The van der Waals surface area contributed by atoms with Gasteiger partial charge in [0.15, 0.2) is 0 Å². The topological polar surface area (TPSA) is 82.2 Å². The van der Waals surface area contributed by atoms with Crippen LogP contribution in [0.2, 0.25) is 0 Å². The van der Waals surface area contributed by atoms with E-state index >= 15 is 0 Å². The Morgan fingerprint density at radius 1 is 1.43 bits per heavy atom. The van der Waals surface area contributed by atoms with E-state index in [1.807, 2.05) is 18.4 Å². The molecular formula is C15H18N2O3S. The van der Waals surface area contributed by atoms with Gasteiger partial charge in [-0.15, -0.1) is 0 Å². The van der Waals surface area contributed by atoms with Crippen LogP contribution in [0.4, 0.5) is 0 Å². The lowest BCUT2D eigenvalue weighted by Crippen LogP contribution is -2.34. The number of carbonyl (C=O) groups is 2. The first kappa shape index (κ1) is 15.3. The largest absolute Gasteiger partial charge is 0.477 e. The highest BCUT2D eigenvalue weighted by Gasteiger charge is 2.22.